The maximum absolute atomic E-state index is 12.5. The second-order valence-electron chi connectivity index (χ2n) is 5.94. The van der Waals surface area contributed by atoms with E-state index < -0.39 is 10.0 Å². The first-order valence-corrected chi connectivity index (χ1v) is 11.4. The van der Waals surface area contributed by atoms with Crippen molar-refractivity contribution in [3.8, 4) is 0 Å². The summed E-state index contributed by atoms with van der Waals surface area (Å²) in [6.45, 7) is 2.70. The predicted octanol–water partition coefficient (Wildman–Crippen LogP) is 2.44. The van der Waals surface area contributed by atoms with Gasteiger partial charge in [-0.25, -0.2) is 13.1 Å². The minimum Gasteiger partial charge on any atom is -0.351 e. The molecular formula is C16H22ClN3O3S3. The topological polar surface area (TPSA) is 87.3 Å². The van der Waals surface area contributed by atoms with E-state index in [2.05, 4.69) is 15.4 Å². The Hall–Kier alpha value is -0.970. The Labute approximate surface area is 167 Å². The fraction of sp³-hybridized carbons (Fsp3) is 0.438. The molecule has 6 nitrogen and oxygen atoms in total. The lowest BCUT2D eigenvalue weighted by atomic mass is 10.00. The predicted molar refractivity (Wildman–Crippen MR) is 108 cm³/mol. The van der Waals surface area contributed by atoms with E-state index in [0.29, 0.717) is 12.5 Å². The number of hydrogen-bond acceptors (Lipinski definition) is 6. The molecule has 1 aliphatic heterocycles. The first-order valence-electron chi connectivity index (χ1n) is 8.15. The quantitative estimate of drug-likeness (QED) is 0.623. The molecule has 1 fully saturated rings. The Morgan fingerprint density at radius 1 is 1.27 bits per heavy atom. The lowest BCUT2D eigenvalue weighted by molar-refractivity contribution is 0.0946. The molecule has 3 heterocycles. The largest absolute Gasteiger partial charge is 0.351 e. The molecule has 144 valence electrons. The van der Waals surface area contributed by atoms with Crippen LogP contribution < -0.4 is 15.4 Å². The summed E-state index contributed by atoms with van der Waals surface area (Å²) in [6, 6.07) is 5.23. The van der Waals surface area contributed by atoms with Gasteiger partial charge in [0.2, 0.25) is 10.0 Å². The maximum atomic E-state index is 12.5. The Morgan fingerprint density at radius 2 is 2.12 bits per heavy atom. The second kappa shape index (κ2) is 9.82. The van der Waals surface area contributed by atoms with Gasteiger partial charge in [-0.2, -0.15) is 0 Å². The number of rotatable bonds is 7. The fourth-order valence-corrected chi connectivity index (χ4v) is 5.83. The molecule has 0 radical (unpaired) electrons. The summed E-state index contributed by atoms with van der Waals surface area (Å²) in [7, 11) is -3.72. The van der Waals surface area contributed by atoms with Gasteiger partial charge in [0, 0.05) is 18.0 Å². The summed E-state index contributed by atoms with van der Waals surface area (Å²) >= 11 is 2.64. The van der Waals surface area contributed by atoms with E-state index in [4.69, 9.17) is 0 Å². The summed E-state index contributed by atoms with van der Waals surface area (Å²) in [5.74, 6) is 0.0757. The normalized spacial score (nSPS) is 17.5. The van der Waals surface area contributed by atoms with Crippen molar-refractivity contribution in [2.75, 3.05) is 19.6 Å². The lowest BCUT2D eigenvalue weighted by Crippen LogP contribution is -2.38. The third kappa shape index (κ3) is 5.51. The van der Waals surface area contributed by atoms with E-state index in [0.717, 1.165) is 42.1 Å². The highest BCUT2D eigenvalue weighted by Gasteiger charge is 2.24. The summed E-state index contributed by atoms with van der Waals surface area (Å²) in [4.78, 5) is 13.7. The van der Waals surface area contributed by atoms with Crippen LogP contribution in [-0.4, -0.2) is 34.0 Å². The van der Waals surface area contributed by atoms with Crippen LogP contribution in [0.2, 0.25) is 0 Å². The number of hydrogen-bond donors (Lipinski definition) is 3. The zero-order valence-electron chi connectivity index (χ0n) is 14.1. The molecule has 0 saturated carbocycles. The number of sulfonamides is 1. The summed E-state index contributed by atoms with van der Waals surface area (Å²) < 4.78 is 27.6. The lowest BCUT2D eigenvalue weighted by Gasteiger charge is -2.22. The van der Waals surface area contributed by atoms with E-state index in [1.807, 2.05) is 17.5 Å². The molecule has 3 rings (SSSR count). The van der Waals surface area contributed by atoms with Gasteiger partial charge in [-0.15, -0.1) is 35.1 Å². The third-order valence-corrected chi connectivity index (χ3v) is 7.45. The van der Waals surface area contributed by atoms with Gasteiger partial charge in [0.15, 0.2) is 0 Å². The van der Waals surface area contributed by atoms with Gasteiger partial charge >= 0.3 is 0 Å². The van der Waals surface area contributed by atoms with Crippen LogP contribution in [0.4, 0.5) is 0 Å². The van der Waals surface area contributed by atoms with E-state index >= 15 is 0 Å². The molecule has 3 N–H and O–H groups in total. The van der Waals surface area contributed by atoms with E-state index in [1.54, 1.807) is 5.38 Å². The smallest absolute Gasteiger partial charge is 0.262 e. The molecule has 0 spiro atoms. The summed E-state index contributed by atoms with van der Waals surface area (Å²) in [6.07, 6.45) is 2.18. The number of nitrogens with one attached hydrogen (secondary N) is 3. The molecule has 2 aromatic heterocycles. The van der Waals surface area contributed by atoms with Crippen molar-refractivity contribution in [3.05, 3.63) is 38.7 Å². The third-order valence-electron chi connectivity index (χ3n) is 4.09. The van der Waals surface area contributed by atoms with Crippen molar-refractivity contribution in [1.29, 1.82) is 0 Å². The average Bonchev–Trinajstić information content (AvgIpc) is 3.30. The molecule has 1 amide bonds. The molecule has 1 saturated heterocycles. The van der Waals surface area contributed by atoms with Crippen molar-refractivity contribution >= 4 is 51.0 Å². The Morgan fingerprint density at radius 3 is 2.81 bits per heavy atom. The van der Waals surface area contributed by atoms with E-state index in [1.165, 1.54) is 17.4 Å². The van der Waals surface area contributed by atoms with Crippen molar-refractivity contribution in [3.63, 3.8) is 0 Å². The van der Waals surface area contributed by atoms with Crippen LogP contribution in [-0.2, 0) is 16.6 Å². The number of thiophene rings is 2. The number of halogens is 1. The van der Waals surface area contributed by atoms with Crippen LogP contribution >= 0.6 is 35.1 Å². The van der Waals surface area contributed by atoms with Crippen LogP contribution in [0.25, 0.3) is 0 Å². The molecule has 0 bridgehead atoms. The number of carbonyl (C=O) groups is 1. The fourth-order valence-electron chi connectivity index (χ4n) is 2.75. The van der Waals surface area contributed by atoms with E-state index in [-0.39, 0.29) is 34.6 Å². The number of amides is 1. The molecule has 0 aliphatic carbocycles. The van der Waals surface area contributed by atoms with Crippen molar-refractivity contribution in [2.24, 2.45) is 5.92 Å². The summed E-state index contributed by atoms with van der Waals surface area (Å²) in [5, 5.41) is 9.72. The zero-order valence-corrected chi connectivity index (χ0v) is 17.3. The minimum atomic E-state index is -3.72. The van der Waals surface area contributed by atoms with Crippen LogP contribution in [0.15, 0.2) is 33.9 Å². The SMILES string of the molecule is Cl.O=C(NCC1CCCNC1)c1sccc1S(=O)(=O)NCc1cccs1. The molecule has 26 heavy (non-hydrogen) atoms. The highest BCUT2D eigenvalue weighted by molar-refractivity contribution is 7.89. The molecule has 2 aromatic rings. The summed E-state index contributed by atoms with van der Waals surface area (Å²) in [5.41, 5.74) is 0. The highest BCUT2D eigenvalue weighted by Crippen LogP contribution is 2.22. The molecule has 1 atom stereocenters. The highest BCUT2D eigenvalue weighted by atomic mass is 35.5. The van der Waals surface area contributed by atoms with E-state index in [9.17, 15) is 13.2 Å². The molecule has 1 unspecified atom stereocenters. The molecule has 0 aromatic carbocycles. The van der Waals surface area contributed by atoms with Crippen molar-refractivity contribution in [2.45, 2.75) is 24.3 Å². The Balaban J connectivity index is 0.00000243. The van der Waals surface area contributed by atoms with Gasteiger partial charge in [0.25, 0.3) is 5.91 Å². The monoisotopic (exact) mass is 435 g/mol. The molecule has 1 aliphatic rings. The van der Waals surface area contributed by atoms with Gasteiger partial charge in [-0.3, -0.25) is 4.79 Å². The standard InChI is InChI=1S/C16H21N3O3S3.ClH/c20-16(18-10-12-3-1-6-17-9-12)15-14(5-8-24-15)25(21,22)19-11-13-4-2-7-23-13;/h2,4-5,7-8,12,17,19H,1,3,6,9-11H2,(H,18,20);1H. The first kappa shape index (κ1) is 21.3. The molecular weight excluding hydrogens is 414 g/mol. The number of carbonyl (C=O) groups excluding carboxylic acids is 1. The van der Waals surface area contributed by atoms with Crippen LogP contribution in [0.5, 0.6) is 0 Å². The van der Waals surface area contributed by atoms with Gasteiger partial charge < -0.3 is 10.6 Å². The second-order valence-corrected chi connectivity index (χ2v) is 9.62. The minimum absolute atomic E-state index is 0. The van der Waals surface area contributed by atoms with Crippen LogP contribution in [0.1, 0.15) is 27.4 Å². The first-order chi connectivity index (χ1) is 12.1. The average molecular weight is 436 g/mol. The Kier molecular flexibility index (Phi) is 8.05. The van der Waals surface area contributed by atoms with Gasteiger partial charge in [0.05, 0.1) is 0 Å². The maximum Gasteiger partial charge on any atom is 0.262 e. The zero-order chi connectivity index (χ0) is 17.7. The van der Waals surface area contributed by atoms with Gasteiger partial charge in [-0.05, 0) is 54.7 Å². The van der Waals surface area contributed by atoms with Crippen molar-refractivity contribution in [1.82, 2.24) is 15.4 Å². The van der Waals surface area contributed by atoms with Crippen LogP contribution in [0, 0.1) is 5.92 Å². The Bertz CT molecular complexity index is 800. The van der Waals surface area contributed by atoms with Crippen molar-refractivity contribution < 1.29 is 13.2 Å². The van der Waals surface area contributed by atoms with Gasteiger partial charge in [0.1, 0.15) is 9.77 Å². The molecule has 10 heteroatoms. The number of piperidine rings is 1. The van der Waals surface area contributed by atoms with Gasteiger partial charge in [-0.1, -0.05) is 6.07 Å². The van der Waals surface area contributed by atoms with Crippen LogP contribution in [0.3, 0.4) is 0 Å².